The Morgan fingerprint density at radius 1 is 1.03 bits per heavy atom. The summed E-state index contributed by atoms with van der Waals surface area (Å²) < 4.78 is 7.97. The van der Waals surface area contributed by atoms with Crippen LogP contribution in [0, 0.1) is 11.8 Å². The van der Waals surface area contributed by atoms with Gasteiger partial charge in [0.2, 0.25) is 5.91 Å². The lowest BCUT2D eigenvalue weighted by Crippen LogP contribution is -2.47. The molecule has 0 aliphatic heterocycles. The molecule has 2 aliphatic carbocycles. The van der Waals surface area contributed by atoms with E-state index in [9.17, 15) is 19.8 Å². The standard InChI is InChI=1S/C25H31NO4S/c1-16-7-9-18(10-8-16)24(28)26(19-11-13-20(27)14-12-19)21-15-22(31-23(21)25(29)30)17-5-3-2-4-6-17/h2-6,15-16,18-20,27H,7-14H2,1H3,(H,29,30)/t16?,18?,19-,20-/i20D. The predicted octanol–water partition coefficient (Wildman–Crippen LogP) is 5.58. The summed E-state index contributed by atoms with van der Waals surface area (Å²) in [5, 5.41) is 20.1. The third-order valence-electron chi connectivity index (χ3n) is 6.72. The van der Waals surface area contributed by atoms with Crippen molar-refractivity contribution in [1.29, 1.82) is 0 Å². The van der Waals surface area contributed by atoms with Crippen LogP contribution < -0.4 is 4.90 Å². The first kappa shape index (κ1) is 20.7. The predicted molar refractivity (Wildman–Crippen MR) is 124 cm³/mol. The molecular formula is C25H31NO4S. The summed E-state index contributed by atoms with van der Waals surface area (Å²) in [4.78, 5) is 28.7. The van der Waals surface area contributed by atoms with Gasteiger partial charge >= 0.3 is 5.97 Å². The van der Waals surface area contributed by atoms with Crippen LogP contribution in [-0.2, 0) is 4.79 Å². The fourth-order valence-corrected chi connectivity index (χ4v) is 5.84. The number of benzene rings is 1. The molecule has 31 heavy (non-hydrogen) atoms. The van der Waals surface area contributed by atoms with E-state index in [-0.39, 0.29) is 35.6 Å². The number of aliphatic hydroxyl groups is 1. The lowest BCUT2D eigenvalue weighted by atomic mass is 9.81. The first-order valence-electron chi connectivity index (χ1n) is 11.7. The van der Waals surface area contributed by atoms with E-state index in [1.807, 2.05) is 36.4 Å². The van der Waals surface area contributed by atoms with Gasteiger partial charge in [0, 0.05) is 16.8 Å². The maximum absolute atomic E-state index is 13.8. The highest BCUT2D eigenvalue weighted by atomic mass is 32.1. The van der Waals surface area contributed by atoms with Crippen LogP contribution in [0.1, 0.15) is 69.3 Å². The number of hydrogen-bond donors (Lipinski definition) is 2. The maximum Gasteiger partial charge on any atom is 0.348 e. The molecule has 2 aliphatic rings. The van der Waals surface area contributed by atoms with Gasteiger partial charge in [0.25, 0.3) is 0 Å². The molecule has 2 N–H and O–H groups in total. The number of aromatic carboxylic acids is 1. The Kier molecular flexibility index (Phi) is 6.37. The van der Waals surface area contributed by atoms with Crippen molar-refractivity contribution in [3.8, 4) is 10.4 Å². The van der Waals surface area contributed by atoms with Gasteiger partial charge in [0.05, 0.1) is 13.1 Å². The molecule has 166 valence electrons. The molecule has 1 heterocycles. The van der Waals surface area contributed by atoms with Crippen molar-refractivity contribution in [2.24, 2.45) is 11.8 Å². The molecule has 1 amide bonds. The van der Waals surface area contributed by atoms with Gasteiger partial charge in [-0.2, -0.15) is 0 Å². The molecule has 0 radical (unpaired) electrons. The molecule has 6 heteroatoms. The van der Waals surface area contributed by atoms with Crippen LogP contribution in [0.15, 0.2) is 36.4 Å². The van der Waals surface area contributed by atoms with Crippen molar-refractivity contribution >= 4 is 28.9 Å². The number of rotatable bonds is 5. The first-order chi connectivity index (χ1) is 15.2. The zero-order valence-corrected chi connectivity index (χ0v) is 18.7. The normalized spacial score (nSPS) is 29.2. The summed E-state index contributed by atoms with van der Waals surface area (Å²) >= 11 is 1.20. The molecule has 2 fully saturated rings. The van der Waals surface area contributed by atoms with Gasteiger partial charge in [0.1, 0.15) is 4.88 Å². The van der Waals surface area contributed by atoms with Crippen LogP contribution >= 0.6 is 11.3 Å². The molecule has 0 atom stereocenters. The second-order valence-electron chi connectivity index (χ2n) is 8.96. The van der Waals surface area contributed by atoms with E-state index in [0.29, 0.717) is 24.4 Å². The van der Waals surface area contributed by atoms with Crippen molar-refractivity contribution in [3.05, 3.63) is 41.3 Å². The number of anilines is 1. The maximum atomic E-state index is 13.8. The van der Waals surface area contributed by atoms with Gasteiger partial charge in [-0.15, -0.1) is 11.3 Å². The number of thiophene rings is 1. The Bertz CT molecular complexity index is 956. The van der Waals surface area contributed by atoms with Gasteiger partial charge in [-0.3, -0.25) is 4.79 Å². The molecule has 4 rings (SSSR count). The zero-order valence-electron chi connectivity index (χ0n) is 18.9. The third-order valence-corrected chi connectivity index (χ3v) is 7.89. The Morgan fingerprint density at radius 2 is 1.68 bits per heavy atom. The van der Waals surface area contributed by atoms with Gasteiger partial charge in [0.15, 0.2) is 0 Å². The summed E-state index contributed by atoms with van der Waals surface area (Å²) in [5.41, 5.74) is 1.39. The largest absolute Gasteiger partial charge is 0.477 e. The molecule has 1 aromatic heterocycles. The number of nitrogens with zero attached hydrogens (tertiary/aromatic N) is 1. The molecule has 5 nitrogen and oxygen atoms in total. The van der Waals surface area contributed by atoms with Crippen LogP contribution in [0.5, 0.6) is 0 Å². The van der Waals surface area contributed by atoms with E-state index in [1.54, 1.807) is 4.90 Å². The minimum atomic E-state index is -1.47. The fraction of sp³-hybridized carbons (Fsp3) is 0.520. The highest BCUT2D eigenvalue weighted by Gasteiger charge is 2.37. The molecule has 0 bridgehead atoms. The Labute approximate surface area is 189 Å². The number of carboxylic acids is 1. The molecular weight excluding hydrogens is 410 g/mol. The Morgan fingerprint density at radius 3 is 2.29 bits per heavy atom. The van der Waals surface area contributed by atoms with Crippen LogP contribution in [-0.4, -0.2) is 34.2 Å². The fourth-order valence-electron chi connectivity index (χ4n) is 4.85. The van der Waals surface area contributed by atoms with E-state index in [2.05, 4.69) is 6.92 Å². The Balaban J connectivity index is 1.73. The van der Waals surface area contributed by atoms with Crippen LogP contribution in [0.25, 0.3) is 10.4 Å². The topological polar surface area (TPSA) is 77.8 Å². The highest BCUT2D eigenvalue weighted by Crippen LogP contribution is 2.41. The third kappa shape index (κ3) is 4.85. The highest BCUT2D eigenvalue weighted by molar-refractivity contribution is 7.18. The molecule has 0 saturated heterocycles. The number of hydrogen-bond acceptors (Lipinski definition) is 4. The van der Waals surface area contributed by atoms with Crippen LogP contribution in [0.2, 0.25) is 0 Å². The molecule has 2 saturated carbocycles. The summed E-state index contributed by atoms with van der Waals surface area (Å²) in [5.74, 6) is -0.530. The van der Waals surface area contributed by atoms with Gasteiger partial charge in [-0.05, 0) is 68.9 Å². The number of carbonyl (C=O) groups excluding carboxylic acids is 1. The van der Waals surface area contributed by atoms with Crippen LogP contribution in [0.4, 0.5) is 5.69 Å². The summed E-state index contributed by atoms with van der Waals surface area (Å²) in [6.45, 7) is 2.21. The summed E-state index contributed by atoms with van der Waals surface area (Å²) in [6.07, 6.45) is 3.73. The molecule has 0 unspecified atom stereocenters. The monoisotopic (exact) mass is 442 g/mol. The average Bonchev–Trinajstić information content (AvgIpc) is 3.21. The first-order valence-corrected chi connectivity index (χ1v) is 12.0. The average molecular weight is 443 g/mol. The second-order valence-corrected chi connectivity index (χ2v) is 10.0. The second kappa shape index (κ2) is 9.53. The van der Waals surface area contributed by atoms with Crippen molar-refractivity contribution in [1.82, 2.24) is 0 Å². The zero-order chi connectivity index (χ0) is 22.9. The number of carbonyl (C=O) groups is 2. The summed E-state index contributed by atoms with van der Waals surface area (Å²) in [6, 6.07) is 11.3. The van der Waals surface area contributed by atoms with Crippen molar-refractivity contribution < 1.29 is 21.2 Å². The molecule has 1 aromatic carbocycles. The Hall–Kier alpha value is -2.18. The number of carboxylic acid groups (broad SMARTS) is 1. The van der Waals surface area contributed by atoms with Gasteiger partial charge in [-0.1, -0.05) is 37.3 Å². The van der Waals surface area contributed by atoms with E-state index in [1.165, 1.54) is 11.3 Å². The smallest absolute Gasteiger partial charge is 0.348 e. The quantitative estimate of drug-likeness (QED) is 0.634. The van der Waals surface area contributed by atoms with E-state index in [0.717, 1.165) is 36.1 Å². The van der Waals surface area contributed by atoms with Crippen molar-refractivity contribution in [3.63, 3.8) is 0 Å². The van der Waals surface area contributed by atoms with Crippen LogP contribution in [0.3, 0.4) is 0 Å². The van der Waals surface area contributed by atoms with E-state index in [4.69, 9.17) is 1.37 Å². The minimum Gasteiger partial charge on any atom is -0.477 e. The van der Waals surface area contributed by atoms with Crippen molar-refractivity contribution in [2.45, 2.75) is 70.4 Å². The van der Waals surface area contributed by atoms with Gasteiger partial charge in [-0.25, -0.2) is 4.79 Å². The molecule has 0 spiro atoms. The van der Waals surface area contributed by atoms with Gasteiger partial charge < -0.3 is 15.1 Å². The van der Waals surface area contributed by atoms with E-state index < -0.39 is 12.0 Å². The lowest BCUT2D eigenvalue weighted by molar-refractivity contribution is -0.124. The lowest BCUT2D eigenvalue weighted by Gasteiger charge is -2.38. The number of amides is 1. The molecule has 2 aromatic rings. The van der Waals surface area contributed by atoms with E-state index >= 15 is 0 Å². The summed E-state index contributed by atoms with van der Waals surface area (Å²) in [7, 11) is 0. The SMILES string of the molecule is [2H][C@]1(O)CC[C@H](N(C(=O)C2CCC(C)CC2)c2cc(-c3ccccc3)sc2C(=O)O)CC1. The minimum absolute atomic E-state index is 0.00256. The van der Waals surface area contributed by atoms with Crippen molar-refractivity contribution in [2.75, 3.05) is 4.90 Å².